The second-order valence-corrected chi connectivity index (χ2v) is 8.75. The van der Waals surface area contributed by atoms with Crippen molar-refractivity contribution < 1.29 is 14.3 Å². The van der Waals surface area contributed by atoms with Crippen molar-refractivity contribution in [1.29, 1.82) is 0 Å². The van der Waals surface area contributed by atoms with Gasteiger partial charge in [-0.15, -0.1) is 0 Å². The molecule has 3 aliphatic carbocycles. The van der Waals surface area contributed by atoms with E-state index in [-0.39, 0.29) is 23.1 Å². The Kier molecular flexibility index (Phi) is 7.18. The van der Waals surface area contributed by atoms with E-state index in [9.17, 15) is 9.59 Å². The molecule has 1 spiro atoms. The molecule has 0 radical (unpaired) electrons. The largest absolute Gasteiger partial charge is 0.378 e. The average Bonchev–Trinajstić information content (AvgIpc) is 3.52. The van der Waals surface area contributed by atoms with E-state index in [2.05, 4.69) is 24.1 Å². The standard InChI is InChI=1S/C22H38N2O3/c1-3-15-24(20(25)9-8-14-23-21(26)17-10-11-17)18-16-19(27-4-2)22(18)12-6-5-7-13-22/h17-19H,3-16H2,1-2H3,(H,23,26). The highest BCUT2D eigenvalue weighted by atomic mass is 16.5. The number of nitrogens with one attached hydrogen (secondary N) is 1. The molecule has 0 aromatic heterocycles. The average molecular weight is 379 g/mol. The molecular weight excluding hydrogens is 340 g/mol. The van der Waals surface area contributed by atoms with E-state index in [4.69, 9.17) is 4.74 Å². The first-order valence-electron chi connectivity index (χ1n) is 11.3. The molecule has 5 nitrogen and oxygen atoms in total. The Morgan fingerprint density at radius 2 is 1.89 bits per heavy atom. The van der Waals surface area contributed by atoms with Crippen LogP contribution in [0.15, 0.2) is 0 Å². The van der Waals surface area contributed by atoms with Gasteiger partial charge in [0.15, 0.2) is 0 Å². The zero-order valence-electron chi connectivity index (χ0n) is 17.3. The predicted molar refractivity (Wildman–Crippen MR) is 106 cm³/mol. The van der Waals surface area contributed by atoms with Crippen LogP contribution < -0.4 is 5.32 Å². The number of hydrogen-bond acceptors (Lipinski definition) is 3. The first-order valence-corrected chi connectivity index (χ1v) is 11.3. The molecule has 3 fully saturated rings. The van der Waals surface area contributed by atoms with E-state index < -0.39 is 0 Å². The van der Waals surface area contributed by atoms with Crippen molar-refractivity contribution in [2.75, 3.05) is 19.7 Å². The lowest BCUT2D eigenvalue weighted by Gasteiger charge is -2.60. The minimum absolute atomic E-state index is 0.174. The number of carbonyl (C=O) groups is 2. The molecule has 0 aromatic carbocycles. The first kappa shape index (κ1) is 20.6. The van der Waals surface area contributed by atoms with Gasteiger partial charge in [-0.25, -0.2) is 0 Å². The number of nitrogens with zero attached hydrogens (tertiary/aromatic N) is 1. The molecule has 0 aromatic rings. The van der Waals surface area contributed by atoms with Crippen LogP contribution in [0, 0.1) is 11.3 Å². The SMILES string of the molecule is CCCN(C(=O)CCCNC(=O)C1CC1)C1CC(OCC)C12CCCCC2. The van der Waals surface area contributed by atoms with Crippen LogP contribution in [0.25, 0.3) is 0 Å². The lowest BCUT2D eigenvalue weighted by Crippen LogP contribution is -2.66. The van der Waals surface area contributed by atoms with Crippen molar-refractivity contribution in [1.82, 2.24) is 10.2 Å². The summed E-state index contributed by atoms with van der Waals surface area (Å²) in [6.07, 6.45) is 11.9. The normalized spacial score (nSPS) is 26.4. The number of amides is 2. The molecule has 5 heteroatoms. The van der Waals surface area contributed by atoms with Crippen molar-refractivity contribution in [2.24, 2.45) is 11.3 Å². The summed E-state index contributed by atoms with van der Waals surface area (Å²) in [6, 6.07) is 0.350. The second kappa shape index (κ2) is 9.40. The van der Waals surface area contributed by atoms with Crippen LogP contribution in [0.1, 0.15) is 84.5 Å². The van der Waals surface area contributed by atoms with E-state index in [1.54, 1.807) is 0 Å². The van der Waals surface area contributed by atoms with Crippen molar-refractivity contribution in [3.63, 3.8) is 0 Å². The van der Waals surface area contributed by atoms with Gasteiger partial charge in [0, 0.05) is 43.5 Å². The Morgan fingerprint density at radius 1 is 1.15 bits per heavy atom. The van der Waals surface area contributed by atoms with Gasteiger partial charge >= 0.3 is 0 Å². The van der Waals surface area contributed by atoms with Crippen LogP contribution in [0.5, 0.6) is 0 Å². The van der Waals surface area contributed by atoms with Crippen LogP contribution >= 0.6 is 0 Å². The van der Waals surface area contributed by atoms with Gasteiger partial charge in [-0.05, 0) is 51.9 Å². The molecule has 3 rings (SSSR count). The predicted octanol–water partition coefficient (Wildman–Crippen LogP) is 3.66. The second-order valence-electron chi connectivity index (χ2n) is 8.75. The van der Waals surface area contributed by atoms with Gasteiger partial charge in [-0.2, -0.15) is 0 Å². The van der Waals surface area contributed by atoms with Crippen LogP contribution in [0.2, 0.25) is 0 Å². The highest BCUT2D eigenvalue weighted by Crippen LogP contribution is 2.55. The summed E-state index contributed by atoms with van der Waals surface area (Å²) in [5.74, 6) is 0.684. The highest BCUT2D eigenvalue weighted by Gasteiger charge is 2.58. The molecule has 27 heavy (non-hydrogen) atoms. The van der Waals surface area contributed by atoms with Gasteiger partial charge < -0.3 is 15.0 Å². The van der Waals surface area contributed by atoms with Crippen LogP contribution in [0.3, 0.4) is 0 Å². The topological polar surface area (TPSA) is 58.6 Å². The van der Waals surface area contributed by atoms with Gasteiger partial charge in [0.25, 0.3) is 0 Å². The molecule has 3 aliphatic rings. The van der Waals surface area contributed by atoms with Crippen LogP contribution in [-0.4, -0.2) is 48.6 Å². The van der Waals surface area contributed by atoms with Crippen molar-refractivity contribution >= 4 is 11.8 Å². The maximum absolute atomic E-state index is 13.0. The zero-order chi connectivity index (χ0) is 19.3. The first-order chi connectivity index (χ1) is 13.1. The van der Waals surface area contributed by atoms with Gasteiger partial charge in [-0.3, -0.25) is 9.59 Å². The van der Waals surface area contributed by atoms with Crippen molar-refractivity contribution in [3.05, 3.63) is 0 Å². The Bertz CT molecular complexity index is 512. The maximum atomic E-state index is 13.0. The third kappa shape index (κ3) is 4.67. The fourth-order valence-corrected chi connectivity index (χ4v) is 5.24. The third-order valence-corrected chi connectivity index (χ3v) is 6.87. The summed E-state index contributed by atoms with van der Waals surface area (Å²) in [6.45, 7) is 6.47. The molecule has 154 valence electrons. The molecule has 2 atom stereocenters. The van der Waals surface area contributed by atoms with Crippen molar-refractivity contribution in [3.8, 4) is 0 Å². The monoisotopic (exact) mass is 378 g/mol. The quantitative estimate of drug-likeness (QED) is 0.590. The van der Waals surface area contributed by atoms with Crippen LogP contribution in [0.4, 0.5) is 0 Å². The molecule has 1 N–H and O–H groups in total. The van der Waals surface area contributed by atoms with Gasteiger partial charge in [0.1, 0.15) is 0 Å². The Balaban J connectivity index is 1.54. The summed E-state index contributed by atoms with van der Waals surface area (Å²) in [5.41, 5.74) is 0.194. The van der Waals surface area contributed by atoms with E-state index >= 15 is 0 Å². The molecule has 0 aliphatic heterocycles. The fourth-order valence-electron chi connectivity index (χ4n) is 5.24. The zero-order valence-corrected chi connectivity index (χ0v) is 17.3. The lowest BCUT2D eigenvalue weighted by atomic mass is 9.54. The number of hydrogen-bond donors (Lipinski definition) is 1. The highest BCUT2D eigenvalue weighted by molar-refractivity contribution is 5.81. The fraction of sp³-hybridized carbons (Fsp3) is 0.909. The lowest BCUT2D eigenvalue weighted by molar-refractivity contribution is -0.188. The summed E-state index contributed by atoms with van der Waals surface area (Å²) < 4.78 is 6.08. The van der Waals surface area contributed by atoms with E-state index in [1.807, 2.05) is 0 Å². The van der Waals surface area contributed by atoms with Crippen LogP contribution in [-0.2, 0) is 14.3 Å². The molecule has 0 heterocycles. The number of carbonyl (C=O) groups excluding carboxylic acids is 2. The summed E-state index contributed by atoms with van der Waals surface area (Å²) in [5, 5.41) is 2.98. The number of rotatable bonds is 10. The van der Waals surface area contributed by atoms with Gasteiger partial charge in [0.2, 0.25) is 11.8 Å². The molecule has 0 bridgehead atoms. The molecule has 3 saturated carbocycles. The summed E-state index contributed by atoms with van der Waals surface area (Å²) in [7, 11) is 0. The Labute approximate surface area is 164 Å². The van der Waals surface area contributed by atoms with E-state index in [1.165, 1.54) is 32.1 Å². The van der Waals surface area contributed by atoms with E-state index in [0.717, 1.165) is 45.3 Å². The smallest absolute Gasteiger partial charge is 0.223 e. The molecule has 2 unspecified atom stereocenters. The van der Waals surface area contributed by atoms with Gasteiger partial charge in [0.05, 0.1) is 6.10 Å². The summed E-state index contributed by atoms with van der Waals surface area (Å²) in [4.78, 5) is 26.9. The van der Waals surface area contributed by atoms with Crippen molar-refractivity contribution in [2.45, 2.75) is 96.6 Å². The minimum atomic E-state index is 0.174. The van der Waals surface area contributed by atoms with E-state index in [0.29, 0.717) is 25.1 Å². The molecular formula is C22H38N2O3. The maximum Gasteiger partial charge on any atom is 0.223 e. The third-order valence-electron chi connectivity index (χ3n) is 6.87. The minimum Gasteiger partial charge on any atom is -0.378 e. The Morgan fingerprint density at radius 3 is 2.52 bits per heavy atom. The Hall–Kier alpha value is -1.10. The summed E-state index contributed by atoms with van der Waals surface area (Å²) >= 11 is 0. The number of ether oxygens (including phenoxy) is 1. The van der Waals surface area contributed by atoms with Gasteiger partial charge in [-0.1, -0.05) is 26.2 Å². The molecule has 2 amide bonds. The molecule has 0 saturated heterocycles.